The number of carbonyl (C=O) groups is 2. The van der Waals surface area contributed by atoms with Crippen molar-refractivity contribution in [3.63, 3.8) is 0 Å². The zero-order valence-corrected chi connectivity index (χ0v) is 16.8. The van der Waals surface area contributed by atoms with Crippen molar-refractivity contribution in [1.82, 2.24) is 15.8 Å². The molecule has 2 atom stereocenters. The van der Waals surface area contributed by atoms with Gasteiger partial charge >= 0.3 is 0 Å². The van der Waals surface area contributed by atoms with Crippen molar-refractivity contribution in [2.24, 2.45) is 0 Å². The van der Waals surface area contributed by atoms with Crippen molar-refractivity contribution < 1.29 is 19.1 Å². The van der Waals surface area contributed by atoms with Crippen LogP contribution < -0.4 is 15.6 Å². The lowest BCUT2D eigenvalue weighted by Crippen LogP contribution is -2.47. The quantitative estimate of drug-likeness (QED) is 0.733. The first-order chi connectivity index (χ1) is 14.0. The molecule has 154 valence electrons. The minimum atomic E-state index is -0.377. The number of hydrogen-bond acceptors (Lipinski definition) is 5. The van der Waals surface area contributed by atoms with Gasteiger partial charge in [-0.1, -0.05) is 18.2 Å². The van der Waals surface area contributed by atoms with E-state index in [-0.39, 0.29) is 24.0 Å². The Labute approximate surface area is 171 Å². The van der Waals surface area contributed by atoms with Crippen LogP contribution in [0, 0.1) is 0 Å². The topological polar surface area (TPSA) is 79.9 Å². The summed E-state index contributed by atoms with van der Waals surface area (Å²) in [5.74, 6) is 0.749. The second kappa shape index (κ2) is 10.0. The van der Waals surface area contributed by atoms with Gasteiger partial charge in [-0.3, -0.25) is 25.3 Å². The molecule has 2 amide bonds. The van der Waals surface area contributed by atoms with Gasteiger partial charge in [-0.15, -0.1) is 0 Å². The molecule has 1 heterocycles. The van der Waals surface area contributed by atoms with E-state index in [1.54, 1.807) is 24.3 Å². The van der Waals surface area contributed by atoms with Crippen molar-refractivity contribution in [2.75, 3.05) is 19.6 Å². The first-order valence-electron chi connectivity index (χ1n) is 9.79. The van der Waals surface area contributed by atoms with Gasteiger partial charge < -0.3 is 9.47 Å². The van der Waals surface area contributed by atoms with Crippen molar-refractivity contribution in [1.29, 1.82) is 0 Å². The number of morpholine rings is 1. The molecular formula is C22H27N3O4. The number of nitrogens with zero attached hydrogens (tertiary/aromatic N) is 1. The van der Waals surface area contributed by atoms with Gasteiger partial charge in [0.2, 0.25) is 5.91 Å². The van der Waals surface area contributed by atoms with Crippen LogP contribution in [0.5, 0.6) is 11.5 Å². The number of hydrogen-bond donors (Lipinski definition) is 2. The Morgan fingerprint density at radius 3 is 2.24 bits per heavy atom. The van der Waals surface area contributed by atoms with Gasteiger partial charge in [0.15, 0.2) is 0 Å². The number of amides is 2. The van der Waals surface area contributed by atoms with Crippen molar-refractivity contribution in [3.05, 3.63) is 60.2 Å². The van der Waals surface area contributed by atoms with E-state index in [0.717, 1.165) is 18.8 Å². The van der Waals surface area contributed by atoms with E-state index in [4.69, 9.17) is 9.47 Å². The summed E-state index contributed by atoms with van der Waals surface area (Å²) in [6.07, 6.45) is 0.634. The predicted octanol–water partition coefficient (Wildman–Crippen LogP) is 2.74. The van der Waals surface area contributed by atoms with E-state index < -0.39 is 0 Å². The smallest absolute Gasteiger partial charge is 0.269 e. The van der Waals surface area contributed by atoms with Crippen LogP contribution in [-0.4, -0.2) is 48.6 Å². The van der Waals surface area contributed by atoms with Gasteiger partial charge in [0.25, 0.3) is 5.91 Å². The lowest BCUT2D eigenvalue weighted by molar-refractivity contribution is -0.123. The average molecular weight is 397 g/mol. The Hall–Kier alpha value is -2.90. The molecule has 0 bridgehead atoms. The van der Waals surface area contributed by atoms with E-state index in [0.29, 0.717) is 24.3 Å². The van der Waals surface area contributed by atoms with Crippen LogP contribution in [0.15, 0.2) is 54.6 Å². The molecule has 7 nitrogen and oxygen atoms in total. The monoisotopic (exact) mass is 397 g/mol. The number of carbonyl (C=O) groups excluding carboxylic acids is 2. The van der Waals surface area contributed by atoms with Crippen molar-refractivity contribution >= 4 is 11.8 Å². The molecule has 0 spiro atoms. The highest BCUT2D eigenvalue weighted by Crippen LogP contribution is 2.21. The number of rotatable bonds is 6. The summed E-state index contributed by atoms with van der Waals surface area (Å²) in [5.41, 5.74) is 5.35. The Kier molecular flexibility index (Phi) is 7.21. The largest absolute Gasteiger partial charge is 0.457 e. The minimum absolute atomic E-state index is 0.162. The van der Waals surface area contributed by atoms with Crippen LogP contribution >= 0.6 is 0 Å². The van der Waals surface area contributed by atoms with Crippen LogP contribution in [-0.2, 0) is 9.53 Å². The van der Waals surface area contributed by atoms with Crippen LogP contribution in [0.2, 0.25) is 0 Å². The summed E-state index contributed by atoms with van der Waals surface area (Å²) in [7, 11) is 0. The first kappa shape index (κ1) is 20.8. The first-order valence-corrected chi connectivity index (χ1v) is 9.79. The van der Waals surface area contributed by atoms with Gasteiger partial charge in [0.1, 0.15) is 11.5 Å². The highest BCUT2D eigenvalue weighted by Gasteiger charge is 2.22. The number of hydrazine groups is 1. The molecule has 0 radical (unpaired) electrons. The van der Waals surface area contributed by atoms with Crippen LogP contribution in [0.4, 0.5) is 0 Å². The van der Waals surface area contributed by atoms with Gasteiger partial charge in [-0.2, -0.15) is 0 Å². The number of benzene rings is 2. The third-order valence-corrected chi connectivity index (χ3v) is 4.56. The predicted molar refractivity (Wildman–Crippen MR) is 110 cm³/mol. The number of nitrogens with one attached hydrogen (secondary N) is 2. The normalized spacial score (nSPS) is 19.4. The lowest BCUT2D eigenvalue weighted by atomic mass is 10.2. The summed E-state index contributed by atoms with van der Waals surface area (Å²) in [6.45, 7) is 6.30. The van der Waals surface area contributed by atoms with E-state index in [9.17, 15) is 9.59 Å². The fraction of sp³-hybridized carbons (Fsp3) is 0.364. The Bertz CT molecular complexity index is 801. The second-order valence-corrected chi connectivity index (χ2v) is 7.21. The Morgan fingerprint density at radius 1 is 0.966 bits per heavy atom. The molecule has 3 rings (SSSR count). The fourth-order valence-electron chi connectivity index (χ4n) is 3.29. The standard InChI is InChI=1S/C22H27N3O4/c1-16-14-25(15-17(2)28-16)13-12-21(26)23-24-22(27)18-8-10-20(11-9-18)29-19-6-4-3-5-7-19/h3-11,16-17H,12-15H2,1-2H3,(H,23,26)(H,24,27)/t16-,17-/m0/s1. The third kappa shape index (κ3) is 6.58. The highest BCUT2D eigenvalue weighted by molar-refractivity contribution is 5.95. The fourth-order valence-corrected chi connectivity index (χ4v) is 3.29. The second-order valence-electron chi connectivity index (χ2n) is 7.21. The molecule has 2 aromatic rings. The Balaban J connectivity index is 1.41. The zero-order valence-electron chi connectivity index (χ0n) is 16.8. The third-order valence-electron chi connectivity index (χ3n) is 4.56. The van der Waals surface area contributed by atoms with E-state index in [2.05, 4.69) is 15.8 Å². The molecule has 7 heteroatoms. The number of para-hydroxylation sites is 1. The highest BCUT2D eigenvalue weighted by atomic mass is 16.5. The molecule has 0 aromatic heterocycles. The molecular weight excluding hydrogens is 370 g/mol. The molecule has 2 N–H and O–H groups in total. The van der Waals surface area contributed by atoms with Crippen LogP contribution in [0.1, 0.15) is 30.6 Å². The summed E-state index contributed by atoms with van der Waals surface area (Å²) in [6, 6.07) is 16.1. The van der Waals surface area contributed by atoms with Gasteiger partial charge in [-0.25, -0.2) is 0 Å². The van der Waals surface area contributed by atoms with E-state index >= 15 is 0 Å². The van der Waals surface area contributed by atoms with Crippen molar-refractivity contribution in [3.8, 4) is 11.5 Å². The van der Waals surface area contributed by atoms with Gasteiger partial charge in [0, 0.05) is 31.6 Å². The molecule has 0 saturated carbocycles. The molecule has 0 unspecified atom stereocenters. The molecule has 1 saturated heterocycles. The summed E-state index contributed by atoms with van der Waals surface area (Å²) >= 11 is 0. The molecule has 1 fully saturated rings. The SMILES string of the molecule is C[C@H]1CN(CCC(=O)NNC(=O)c2ccc(Oc3ccccc3)cc2)C[C@H](C)O1. The van der Waals surface area contributed by atoms with Crippen molar-refractivity contribution in [2.45, 2.75) is 32.5 Å². The Morgan fingerprint density at radius 2 is 1.59 bits per heavy atom. The average Bonchev–Trinajstić information content (AvgIpc) is 2.71. The maximum Gasteiger partial charge on any atom is 0.269 e. The van der Waals surface area contributed by atoms with Gasteiger partial charge in [-0.05, 0) is 50.2 Å². The summed E-state index contributed by atoms with van der Waals surface area (Å²) < 4.78 is 11.4. The minimum Gasteiger partial charge on any atom is -0.457 e. The van der Waals surface area contributed by atoms with E-state index in [1.807, 2.05) is 44.2 Å². The number of ether oxygens (including phenoxy) is 2. The molecule has 0 aliphatic carbocycles. The van der Waals surface area contributed by atoms with Crippen LogP contribution in [0.25, 0.3) is 0 Å². The van der Waals surface area contributed by atoms with E-state index in [1.165, 1.54) is 0 Å². The molecule has 29 heavy (non-hydrogen) atoms. The lowest BCUT2D eigenvalue weighted by Gasteiger charge is -2.35. The summed E-state index contributed by atoms with van der Waals surface area (Å²) in [4.78, 5) is 26.5. The zero-order chi connectivity index (χ0) is 20.6. The maximum atomic E-state index is 12.2. The maximum absolute atomic E-state index is 12.2. The molecule has 2 aromatic carbocycles. The molecule has 1 aliphatic rings. The molecule has 1 aliphatic heterocycles. The van der Waals surface area contributed by atoms with Crippen LogP contribution in [0.3, 0.4) is 0 Å². The van der Waals surface area contributed by atoms with Gasteiger partial charge in [0.05, 0.1) is 12.2 Å². The summed E-state index contributed by atoms with van der Waals surface area (Å²) in [5, 5.41) is 0.